The van der Waals surface area contributed by atoms with E-state index in [0.29, 0.717) is 37.7 Å². The number of nitrogens with zero attached hydrogens (tertiary/aromatic N) is 4. The van der Waals surface area contributed by atoms with Crippen LogP contribution in [-0.4, -0.2) is 54.5 Å². The van der Waals surface area contributed by atoms with Gasteiger partial charge in [0.1, 0.15) is 11.6 Å². The van der Waals surface area contributed by atoms with Gasteiger partial charge in [0.2, 0.25) is 15.9 Å². The van der Waals surface area contributed by atoms with Gasteiger partial charge in [-0.1, -0.05) is 30.3 Å². The van der Waals surface area contributed by atoms with Gasteiger partial charge in [-0.15, -0.1) is 0 Å². The van der Waals surface area contributed by atoms with E-state index >= 15 is 0 Å². The van der Waals surface area contributed by atoms with E-state index in [1.165, 1.54) is 16.1 Å². The summed E-state index contributed by atoms with van der Waals surface area (Å²) < 4.78 is 25.5. The van der Waals surface area contributed by atoms with E-state index in [-0.39, 0.29) is 11.8 Å². The van der Waals surface area contributed by atoms with Crippen molar-refractivity contribution in [2.24, 2.45) is 0 Å². The number of benzene rings is 1. The molecule has 0 radical (unpaired) electrons. The van der Waals surface area contributed by atoms with Crippen LogP contribution in [0.2, 0.25) is 0 Å². The molecular formula is C22H28N4O3S. The van der Waals surface area contributed by atoms with Crippen LogP contribution in [0.25, 0.3) is 0 Å². The second-order valence-corrected chi connectivity index (χ2v) is 10.2. The average Bonchev–Trinajstić information content (AvgIpc) is 3.04. The van der Waals surface area contributed by atoms with Gasteiger partial charge in [0.15, 0.2) is 0 Å². The van der Waals surface area contributed by atoms with Crippen molar-refractivity contribution in [3.8, 4) is 0 Å². The molecule has 0 bridgehead atoms. The lowest BCUT2D eigenvalue weighted by molar-refractivity contribution is -0.117. The predicted octanol–water partition coefficient (Wildman–Crippen LogP) is 2.45. The molecule has 0 unspecified atom stereocenters. The minimum atomic E-state index is -3.23. The molecule has 160 valence electrons. The lowest BCUT2D eigenvalue weighted by atomic mass is 9.98. The Morgan fingerprint density at radius 1 is 1.17 bits per heavy atom. The molecule has 30 heavy (non-hydrogen) atoms. The Bertz CT molecular complexity index is 1040. The van der Waals surface area contributed by atoms with Crippen molar-refractivity contribution in [3.05, 3.63) is 53.0 Å². The summed E-state index contributed by atoms with van der Waals surface area (Å²) in [6, 6.07) is 10.2. The van der Waals surface area contributed by atoms with E-state index in [4.69, 9.17) is 4.98 Å². The number of hydrogen-bond acceptors (Lipinski definition) is 5. The third kappa shape index (κ3) is 4.39. The van der Waals surface area contributed by atoms with E-state index in [1.807, 2.05) is 25.1 Å². The normalized spacial score (nSPS) is 19.9. The Balaban J connectivity index is 1.53. The number of aryl methyl sites for hydroxylation is 2. The molecule has 0 spiro atoms. The number of rotatable bonds is 6. The van der Waals surface area contributed by atoms with Crippen LogP contribution >= 0.6 is 0 Å². The van der Waals surface area contributed by atoms with Gasteiger partial charge in [0, 0.05) is 36.8 Å². The molecule has 1 fully saturated rings. The third-order valence-corrected chi connectivity index (χ3v) is 7.27. The second kappa shape index (κ2) is 8.43. The van der Waals surface area contributed by atoms with E-state index in [1.54, 1.807) is 4.90 Å². The van der Waals surface area contributed by atoms with Gasteiger partial charge in [-0.25, -0.2) is 22.7 Å². The predicted molar refractivity (Wildman–Crippen MR) is 116 cm³/mol. The van der Waals surface area contributed by atoms with E-state index < -0.39 is 10.0 Å². The Labute approximate surface area is 178 Å². The summed E-state index contributed by atoms with van der Waals surface area (Å²) in [5.41, 5.74) is 2.98. The molecule has 2 aliphatic heterocycles. The Morgan fingerprint density at radius 3 is 2.67 bits per heavy atom. The molecule has 1 saturated heterocycles. The lowest BCUT2D eigenvalue weighted by Gasteiger charge is -2.30. The van der Waals surface area contributed by atoms with Gasteiger partial charge in [-0.05, 0) is 38.2 Å². The van der Waals surface area contributed by atoms with Crippen molar-refractivity contribution in [1.82, 2.24) is 14.3 Å². The first kappa shape index (κ1) is 20.9. The second-order valence-electron chi connectivity index (χ2n) is 8.24. The minimum Gasteiger partial charge on any atom is -0.296 e. The highest BCUT2D eigenvalue weighted by Crippen LogP contribution is 2.33. The number of carbonyl (C=O) groups is 1. The fourth-order valence-electron chi connectivity index (χ4n) is 4.35. The number of carbonyl (C=O) groups excluding carboxylic acids is 1. The SMILES string of the molecule is Cc1nc([C@@H]2CCCN(S(C)(=O)=O)C2)nc2c1CC(=O)N2CCCc1ccccc1. The zero-order chi connectivity index (χ0) is 21.3. The molecular weight excluding hydrogens is 400 g/mol. The van der Waals surface area contributed by atoms with E-state index in [2.05, 4.69) is 17.1 Å². The number of piperidine rings is 1. The van der Waals surface area contributed by atoms with Crippen LogP contribution in [-0.2, 0) is 27.7 Å². The smallest absolute Gasteiger partial charge is 0.232 e. The number of aromatic nitrogens is 2. The number of amides is 1. The highest BCUT2D eigenvalue weighted by molar-refractivity contribution is 7.88. The summed E-state index contributed by atoms with van der Waals surface area (Å²) in [5.74, 6) is 1.39. The van der Waals surface area contributed by atoms with Gasteiger partial charge in [0.25, 0.3) is 0 Å². The van der Waals surface area contributed by atoms with Crippen LogP contribution in [0.4, 0.5) is 5.82 Å². The number of fused-ring (bicyclic) bond motifs is 1. The highest BCUT2D eigenvalue weighted by atomic mass is 32.2. The molecule has 1 aromatic carbocycles. The first-order valence-electron chi connectivity index (χ1n) is 10.5. The molecule has 0 aliphatic carbocycles. The fourth-order valence-corrected chi connectivity index (χ4v) is 5.26. The van der Waals surface area contributed by atoms with Crippen LogP contribution in [0.3, 0.4) is 0 Å². The van der Waals surface area contributed by atoms with Gasteiger partial charge < -0.3 is 0 Å². The summed E-state index contributed by atoms with van der Waals surface area (Å²) in [4.78, 5) is 23.9. The van der Waals surface area contributed by atoms with Crippen molar-refractivity contribution >= 4 is 21.7 Å². The summed E-state index contributed by atoms with van der Waals surface area (Å²) in [6.45, 7) is 3.49. The van der Waals surface area contributed by atoms with Crippen molar-refractivity contribution in [2.75, 3.05) is 30.8 Å². The highest BCUT2D eigenvalue weighted by Gasteiger charge is 2.34. The average molecular weight is 429 g/mol. The molecule has 2 aromatic rings. The van der Waals surface area contributed by atoms with Gasteiger partial charge >= 0.3 is 0 Å². The maximum absolute atomic E-state index is 12.7. The largest absolute Gasteiger partial charge is 0.296 e. The summed E-state index contributed by atoms with van der Waals surface area (Å²) in [7, 11) is -3.23. The molecule has 1 amide bonds. The Kier molecular flexibility index (Phi) is 5.88. The molecule has 0 saturated carbocycles. The van der Waals surface area contributed by atoms with Gasteiger partial charge in [-0.3, -0.25) is 9.69 Å². The molecule has 1 atom stereocenters. The molecule has 7 nitrogen and oxygen atoms in total. The topological polar surface area (TPSA) is 83.5 Å². The number of hydrogen-bond donors (Lipinski definition) is 0. The summed E-state index contributed by atoms with van der Waals surface area (Å²) >= 11 is 0. The van der Waals surface area contributed by atoms with Crippen molar-refractivity contribution in [1.29, 1.82) is 0 Å². The summed E-state index contributed by atoms with van der Waals surface area (Å²) in [5, 5.41) is 0. The molecule has 2 aliphatic rings. The minimum absolute atomic E-state index is 0.0423. The quantitative estimate of drug-likeness (QED) is 0.706. The van der Waals surface area contributed by atoms with Crippen LogP contribution in [0.15, 0.2) is 30.3 Å². The molecule has 0 N–H and O–H groups in total. The van der Waals surface area contributed by atoms with Crippen molar-refractivity contribution in [3.63, 3.8) is 0 Å². The Hall–Kier alpha value is -2.32. The summed E-state index contributed by atoms with van der Waals surface area (Å²) in [6.07, 6.45) is 5.00. The van der Waals surface area contributed by atoms with Crippen LogP contribution < -0.4 is 4.90 Å². The van der Waals surface area contributed by atoms with Crippen LogP contribution in [0, 0.1) is 6.92 Å². The Morgan fingerprint density at radius 2 is 1.93 bits per heavy atom. The van der Waals surface area contributed by atoms with Gasteiger partial charge in [-0.2, -0.15) is 0 Å². The van der Waals surface area contributed by atoms with Crippen molar-refractivity contribution < 1.29 is 13.2 Å². The lowest BCUT2D eigenvalue weighted by Crippen LogP contribution is -2.39. The zero-order valence-electron chi connectivity index (χ0n) is 17.5. The first-order valence-corrected chi connectivity index (χ1v) is 12.3. The van der Waals surface area contributed by atoms with Crippen molar-refractivity contribution in [2.45, 2.75) is 44.9 Å². The van der Waals surface area contributed by atoms with Gasteiger partial charge in [0.05, 0.1) is 12.7 Å². The van der Waals surface area contributed by atoms with Crippen LogP contribution in [0.5, 0.6) is 0 Å². The maximum atomic E-state index is 12.7. The van der Waals surface area contributed by atoms with Crippen LogP contribution in [0.1, 0.15) is 47.8 Å². The van der Waals surface area contributed by atoms with E-state index in [0.717, 1.165) is 36.9 Å². The third-order valence-electron chi connectivity index (χ3n) is 6.00. The number of sulfonamides is 1. The molecule has 8 heteroatoms. The fraction of sp³-hybridized carbons (Fsp3) is 0.500. The van der Waals surface area contributed by atoms with E-state index in [9.17, 15) is 13.2 Å². The molecule has 3 heterocycles. The zero-order valence-corrected chi connectivity index (χ0v) is 18.4. The molecule has 1 aromatic heterocycles. The monoisotopic (exact) mass is 428 g/mol. The standard InChI is InChI=1S/C22H28N4O3S/c1-16-19-14-20(27)26(13-6-10-17-8-4-3-5-9-17)22(19)24-21(23-16)18-11-7-12-25(15-18)30(2,28)29/h3-5,8-9,18H,6-7,10-15H2,1-2H3/t18-/m1/s1. The molecule has 4 rings (SSSR count). The first-order chi connectivity index (χ1) is 14.3. The number of anilines is 1. The maximum Gasteiger partial charge on any atom is 0.232 e.